The topological polar surface area (TPSA) is 12.0 Å². The fourth-order valence-electron chi connectivity index (χ4n) is 3.88. The molecule has 0 aliphatic heterocycles. The minimum absolute atomic E-state index is 0.233. The fraction of sp³-hybridized carbons (Fsp3) is 0.625. The van der Waals surface area contributed by atoms with Crippen LogP contribution in [0.3, 0.4) is 0 Å². The summed E-state index contributed by atoms with van der Waals surface area (Å²) in [6.07, 6.45) is 4.18. The van der Waals surface area contributed by atoms with Crippen molar-refractivity contribution in [3.63, 3.8) is 0 Å². The predicted octanol–water partition coefficient (Wildman–Crippen LogP) is 3.49. The van der Waals surface area contributed by atoms with E-state index in [0.717, 1.165) is 5.92 Å². The lowest BCUT2D eigenvalue weighted by atomic mass is 9.92. The summed E-state index contributed by atoms with van der Waals surface area (Å²) in [5.41, 5.74) is 2.26. The van der Waals surface area contributed by atoms with E-state index in [-0.39, 0.29) is 5.54 Å². The number of rotatable bonds is 2. The Bertz CT molecular complexity index is 403. The van der Waals surface area contributed by atoms with Gasteiger partial charge in [0.05, 0.1) is 0 Å². The molecule has 0 saturated heterocycles. The third-order valence-electron chi connectivity index (χ3n) is 4.52. The third-order valence-corrected chi connectivity index (χ3v) is 4.52. The average molecular weight is 229 g/mol. The van der Waals surface area contributed by atoms with Gasteiger partial charge in [-0.25, -0.2) is 0 Å². The quantitative estimate of drug-likeness (QED) is 0.818. The van der Waals surface area contributed by atoms with Crippen molar-refractivity contribution in [2.24, 2.45) is 5.92 Å². The van der Waals surface area contributed by atoms with Gasteiger partial charge in [-0.2, -0.15) is 0 Å². The highest BCUT2D eigenvalue weighted by Crippen LogP contribution is 2.64. The molecule has 3 rings (SSSR count). The molecule has 0 spiro atoms. The molecule has 1 aromatic carbocycles. The highest BCUT2D eigenvalue weighted by atomic mass is 15.1. The highest BCUT2D eigenvalue weighted by Gasteiger charge is 2.67. The molecule has 1 aromatic rings. The van der Waals surface area contributed by atoms with Crippen LogP contribution in [0.25, 0.3) is 0 Å². The molecule has 92 valence electrons. The Kier molecular flexibility index (Phi) is 2.38. The van der Waals surface area contributed by atoms with Crippen LogP contribution < -0.4 is 5.32 Å². The minimum Gasteiger partial charge on any atom is -0.308 e. The van der Waals surface area contributed by atoms with Gasteiger partial charge in [-0.1, -0.05) is 36.8 Å². The highest BCUT2D eigenvalue weighted by molar-refractivity contribution is 5.41. The largest absolute Gasteiger partial charge is 0.308 e. The zero-order valence-electron chi connectivity index (χ0n) is 11.2. The van der Waals surface area contributed by atoms with E-state index < -0.39 is 0 Å². The second-order valence-corrected chi connectivity index (χ2v) is 6.78. The minimum atomic E-state index is 0.233. The van der Waals surface area contributed by atoms with Crippen LogP contribution in [-0.2, 0) is 5.41 Å². The standard InChI is InChI=1S/C16H23N/c1-15(2,3)17-14-13-10-7-11-16(13,14)12-8-5-4-6-9-12/h4-6,8-9,13-14,17H,7,10-11H2,1-3H3/t13?,14?,16-/m1/s1. The molecule has 0 bridgehead atoms. The molecule has 0 heterocycles. The van der Waals surface area contributed by atoms with E-state index in [1.807, 2.05) is 0 Å². The summed E-state index contributed by atoms with van der Waals surface area (Å²) in [5.74, 6) is 0.879. The van der Waals surface area contributed by atoms with E-state index >= 15 is 0 Å². The molecular weight excluding hydrogens is 206 g/mol. The van der Waals surface area contributed by atoms with E-state index in [2.05, 4.69) is 56.4 Å². The number of hydrogen-bond donors (Lipinski definition) is 1. The Balaban J connectivity index is 1.87. The molecule has 1 N–H and O–H groups in total. The maximum Gasteiger partial charge on any atom is 0.0209 e. The summed E-state index contributed by atoms with van der Waals surface area (Å²) in [6.45, 7) is 6.83. The predicted molar refractivity (Wildman–Crippen MR) is 72.1 cm³/mol. The first-order valence-electron chi connectivity index (χ1n) is 6.87. The summed E-state index contributed by atoms with van der Waals surface area (Å²) in [6, 6.07) is 11.8. The first-order valence-corrected chi connectivity index (χ1v) is 6.87. The maximum atomic E-state index is 3.83. The molecule has 2 fully saturated rings. The van der Waals surface area contributed by atoms with Crippen molar-refractivity contribution in [1.29, 1.82) is 0 Å². The molecule has 3 atom stereocenters. The Morgan fingerprint density at radius 2 is 1.88 bits per heavy atom. The van der Waals surface area contributed by atoms with Crippen LogP contribution in [0.15, 0.2) is 30.3 Å². The molecule has 0 aromatic heterocycles. The summed E-state index contributed by atoms with van der Waals surface area (Å²) < 4.78 is 0. The Hall–Kier alpha value is -0.820. The molecular formula is C16H23N. The second-order valence-electron chi connectivity index (χ2n) is 6.78. The van der Waals surface area contributed by atoms with Crippen molar-refractivity contribution < 1.29 is 0 Å². The number of nitrogens with one attached hydrogen (secondary N) is 1. The van der Waals surface area contributed by atoms with Gasteiger partial charge in [-0.15, -0.1) is 0 Å². The van der Waals surface area contributed by atoms with Gasteiger partial charge >= 0.3 is 0 Å². The van der Waals surface area contributed by atoms with Crippen molar-refractivity contribution >= 4 is 0 Å². The molecule has 2 saturated carbocycles. The first kappa shape index (κ1) is 11.3. The van der Waals surface area contributed by atoms with Gasteiger partial charge < -0.3 is 5.32 Å². The Morgan fingerprint density at radius 3 is 2.53 bits per heavy atom. The van der Waals surface area contributed by atoms with Gasteiger partial charge in [-0.3, -0.25) is 0 Å². The Morgan fingerprint density at radius 1 is 1.18 bits per heavy atom. The molecule has 2 aliphatic rings. The van der Waals surface area contributed by atoms with Gasteiger partial charge in [0.1, 0.15) is 0 Å². The second kappa shape index (κ2) is 3.58. The van der Waals surface area contributed by atoms with Crippen molar-refractivity contribution in [2.75, 3.05) is 0 Å². The lowest BCUT2D eigenvalue weighted by Gasteiger charge is -2.25. The fourth-order valence-corrected chi connectivity index (χ4v) is 3.88. The zero-order valence-corrected chi connectivity index (χ0v) is 11.2. The molecule has 2 unspecified atom stereocenters. The van der Waals surface area contributed by atoms with E-state index in [4.69, 9.17) is 0 Å². The lowest BCUT2D eigenvalue weighted by molar-refractivity contribution is 0.382. The van der Waals surface area contributed by atoms with E-state index in [0.29, 0.717) is 11.5 Å². The SMILES string of the molecule is CC(C)(C)NC1C2CCC[C@@]21c1ccccc1. The van der Waals surface area contributed by atoms with Gasteiger partial charge in [0.25, 0.3) is 0 Å². The van der Waals surface area contributed by atoms with Gasteiger partial charge in [0, 0.05) is 17.0 Å². The summed E-state index contributed by atoms with van der Waals surface area (Å²) in [4.78, 5) is 0. The van der Waals surface area contributed by atoms with Gasteiger partial charge in [-0.05, 0) is 45.1 Å². The summed E-state index contributed by atoms with van der Waals surface area (Å²) in [5, 5.41) is 3.83. The lowest BCUT2D eigenvalue weighted by Crippen LogP contribution is -2.41. The normalized spacial score (nSPS) is 35.7. The van der Waals surface area contributed by atoms with E-state index in [1.165, 1.54) is 19.3 Å². The summed E-state index contributed by atoms with van der Waals surface area (Å²) in [7, 11) is 0. The molecule has 0 radical (unpaired) electrons. The van der Waals surface area contributed by atoms with Gasteiger partial charge in [0.2, 0.25) is 0 Å². The number of hydrogen-bond acceptors (Lipinski definition) is 1. The summed E-state index contributed by atoms with van der Waals surface area (Å²) >= 11 is 0. The molecule has 1 heteroatoms. The molecule has 0 amide bonds. The monoisotopic (exact) mass is 229 g/mol. The molecule has 1 nitrogen and oxygen atoms in total. The van der Waals surface area contributed by atoms with Gasteiger partial charge in [0.15, 0.2) is 0 Å². The van der Waals surface area contributed by atoms with Crippen molar-refractivity contribution in [1.82, 2.24) is 5.32 Å². The number of fused-ring (bicyclic) bond motifs is 1. The number of benzene rings is 1. The van der Waals surface area contributed by atoms with Crippen LogP contribution in [0.5, 0.6) is 0 Å². The van der Waals surface area contributed by atoms with Crippen LogP contribution in [-0.4, -0.2) is 11.6 Å². The van der Waals surface area contributed by atoms with Crippen LogP contribution in [0, 0.1) is 5.92 Å². The van der Waals surface area contributed by atoms with E-state index in [9.17, 15) is 0 Å². The molecule has 2 aliphatic carbocycles. The van der Waals surface area contributed by atoms with Crippen molar-refractivity contribution in [3.8, 4) is 0 Å². The first-order chi connectivity index (χ1) is 8.04. The maximum absolute atomic E-state index is 3.83. The van der Waals surface area contributed by atoms with Crippen LogP contribution in [0.2, 0.25) is 0 Å². The van der Waals surface area contributed by atoms with Crippen molar-refractivity contribution in [2.45, 2.75) is 57.0 Å². The Labute approximate surface area is 105 Å². The van der Waals surface area contributed by atoms with Crippen LogP contribution in [0.1, 0.15) is 45.6 Å². The smallest absolute Gasteiger partial charge is 0.0209 e. The zero-order chi connectivity index (χ0) is 12.1. The van der Waals surface area contributed by atoms with E-state index in [1.54, 1.807) is 5.56 Å². The third kappa shape index (κ3) is 1.72. The van der Waals surface area contributed by atoms with Crippen LogP contribution >= 0.6 is 0 Å². The van der Waals surface area contributed by atoms with Crippen LogP contribution in [0.4, 0.5) is 0 Å². The average Bonchev–Trinajstić information content (AvgIpc) is 2.71. The van der Waals surface area contributed by atoms with Crippen molar-refractivity contribution in [3.05, 3.63) is 35.9 Å². The molecule has 17 heavy (non-hydrogen) atoms.